The van der Waals surface area contributed by atoms with Crippen LogP contribution in [0.1, 0.15) is 21.9 Å². The maximum atomic E-state index is 11.8. The average molecular weight is 412 g/mol. The van der Waals surface area contributed by atoms with Crippen molar-refractivity contribution in [1.29, 1.82) is 0 Å². The zero-order valence-electron chi connectivity index (χ0n) is 16.9. The van der Waals surface area contributed by atoms with Gasteiger partial charge in [0.15, 0.2) is 5.75 Å². The second kappa shape index (κ2) is 8.25. The van der Waals surface area contributed by atoms with Crippen molar-refractivity contribution < 1.29 is 19.4 Å². The third kappa shape index (κ3) is 4.05. The van der Waals surface area contributed by atoms with E-state index < -0.39 is 12.2 Å². The number of aryl methyl sites for hydroxylation is 1. The van der Waals surface area contributed by atoms with E-state index in [0.717, 1.165) is 43.3 Å². The number of piperazine rings is 1. The van der Waals surface area contributed by atoms with Crippen molar-refractivity contribution >= 4 is 23.2 Å². The molecule has 0 aliphatic carbocycles. The van der Waals surface area contributed by atoms with Crippen molar-refractivity contribution in [3.8, 4) is 5.75 Å². The summed E-state index contributed by atoms with van der Waals surface area (Å²) in [5.74, 6) is -0.415. The Bertz CT molecular complexity index is 974. The second-order valence-corrected chi connectivity index (χ2v) is 7.27. The van der Waals surface area contributed by atoms with Gasteiger partial charge in [0, 0.05) is 39.8 Å². The normalized spacial score (nSPS) is 19.0. The molecule has 0 radical (unpaired) electrons. The lowest BCUT2D eigenvalue weighted by Gasteiger charge is -2.36. The third-order valence-corrected chi connectivity index (χ3v) is 5.26. The van der Waals surface area contributed by atoms with Gasteiger partial charge in [-0.15, -0.1) is 0 Å². The van der Waals surface area contributed by atoms with E-state index in [4.69, 9.17) is 4.74 Å². The summed E-state index contributed by atoms with van der Waals surface area (Å²) < 4.78 is 5.12. The molecule has 2 aliphatic rings. The molecule has 2 aromatic rings. The van der Waals surface area contributed by atoms with Gasteiger partial charge in [0.2, 0.25) is 0 Å². The predicted octanol–water partition coefficient (Wildman–Crippen LogP) is 0.116. The van der Waals surface area contributed by atoms with Crippen LogP contribution in [0.4, 0.5) is 11.4 Å². The Morgan fingerprint density at radius 1 is 1.33 bits per heavy atom. The van der Waals surface area contributed by atoms with Crippen LogP contribution < -0.4 is 20.3 Å². The lowest BCUT2D eigenvalue weighted by molar-refractivity contribution is -0.139. The summed E-state index contributed by atoms with van der Waals surface area (Å²) in [4.78, 5) is 36.7. The first kappa shape index (κ1) is 20.0. The average Bonchev–Trinajstić information content (AvgIpc) is 2.75. The van der Waals surface area contributed by atoms with Gasteiger partial charge in [-0.05, 0) is 25.1 Å². The molecular formula is C20H24N6O4. The smallest absolute Gasteiger partial charge is 0.293 e. The maximum absolute atomic E-state index is 11.8. The van der Waals surface area contributed by atoms with Crippen LogP contribution >= 0.6 is 0 Å². The van der Waals surface area contributed by atoms with Crippen LogP contribution in [0.5, 0.6) is 5.75 Å². The summed E-state index contributed by atoms with van der Waals surface area (Å²) in [6, 6.07) is 5.47. The van der Waals surface area contributed by atoms with E-state index in [1.807, 2.05) is 13.0 Å². The molecule has 0 aromatic carbocycles. The number of fused-ring (bicyclic) bond motifs is 1. The van der Waals surface area contributed by atoms with Crippen molar-refractivity contribution in [3.05, 3.63) is 41.5 Å². The zero-order valence-corrected chi connectivity index (χ0v) is 16.9. The molecule has 1 fully saturated rings. The molecule has 158 valence electrons. The largest absolute Gasteiger partial charge is 0.452 e. The SMILES string of the molecule is CNC(=O)c1ccc(N2CCN(Cc3cc4c(cn3)O[C@H](O)C(=O)N4)CC2)c(C)n1. The monoisotopic (exact) mass is 412 g/mol. The number of carbonyl (C=O) groups is 2. The highest BCUT2D eigenvalue weighted by Crippen LogP contribution is 2.29. The van der Waals surface area contributed by atoms with E-state index in [2.05, 4.69) is 30.4 Å². The van der Waals surface area contributed by atoms with E-state index in [9.17, 15) is 14.7 Å². The maximum Gasteiger partial charge on any atom is 0.293 e. The van der Waals surface area contributed by atoms with Crippen LogP contribution in [0.3, 0.4) is 0 Å². The number of rotatable bonds is 4. The van der Waals surface area contributed by atoms with Gasteiger partial charge in [-0.2, -0.15) is 0 Å². The van der Waals surface area contributed by atoms with Crippen molar-refractivity contribution in [2.24, 2.45) is 0 Å². The predicted molar refractivity (Wildman–Crippen MR) is 109 cm³/mol. The van der Waals surface area contributed by atoms with Crippen LogP contribution in [-0.2, 0) is 11.3 Å². The first-order chi connectivity index (χ1) is 14.4. The first-order valence-electron chi connectivity index (χ1n) is 9.76. The fraction of sp³-hybridized carbons (Fsp3) is 0.400. The molecule has 0 saturated carbocycles. The molecule has 4 heterocycles. The van der Waals surface area contributed by atoms with Gasteiger partial charge in [-0.25, -0.2) is 4.98 Å². The number of nitrogens with one attached hydrogen (secondary N) is 2. The van der Waals surface area contributed by atoms with Crippen LogP contribution in [0.25, 0.3) is 0 Å². The van der Waals surface area contributed by atoms with E-state index in [0.29, 0.717) is 23.7 Å². The Labute approximate surface area is 173 Å². The molecule has 2 amide bonds. The molecule has 1 atom stereocenters. The van der Waals surface area contributed by atoms with Gasteiger partial charge in [-0.1, -0.05) is 0 Å². The molecule has 2 aromatic heterocycles. The van der Waals surface area contributed by atoms with Crippen molar-refractivity contribution in [2.45, 2.75) is 19.8 Å². The van der Waals surface area contributed by atoms with Gasteiger partial charge in [0.1, 0.15) is 5.69 Å². The molecule has 10 heteroatoms. The highest BCUT2D eigenvalue weighted by atomic mass is 16.6. The van der Waals surface area contributed by atoms with Gasteiger partial charge < -0.3 is 25.4 Å². The van der Waals surface area contributed by atoms with Crippen molar-refractivity contribution in [2.75, 3.05) is 43.4 Å². The summed E-state index contributed by atoms with van der Waals surface area (Å²) in [5.41, 5.74) is 3.62. The number of aliphatic hydroxyl groups excluding tert-OH is 1. The summed E-state index contributed by atoms with van der Waals surface area (Å²) >= 11 is 0. The topological polar surface area (TPSA) is 120 Å². The van der Waals surface area contributed by atoms with Crippen LogP contribution in [-0.4, -0.2) is 71.3 Å². The van der Waals surface area contributed by atoms with E-state index >= 15 is 0 Å². The molecule has 2 aliphatic heterocycles. The highest BCUT2D eigenvalue weighted by molar-refractivity contribution is 5.96. The number of hydrogen-bond donors (Lipinski definition) is 3. The minimum absolute atomic E-state index is 0.192. The van der Waals surface area contributed by atoms with Crippen molar-refractivity contribution in [3.63, 3.8) is 0 Å². The summed E-state index contributed by atoms with van der Waals surface area (Å²) in [6.45, 7) is 5.91. The lowest BCUT2D eigenvalue weighted by Crippen LogP contribution is -2.46. The van der Waals surface area contributed by atoms with Gasteiger partial charge in [0.05, 0.1) is 29.0 Å². The lowest BCUT2D eigenvalue weighted by atomic mass is 10.2. The highest BCUT2D eigenvalue weighted by Gasteiger charge is 2.26. The summed E-state index contributed by atoms with van der Waals surface area (Å²) in [7, 11) is 1.59. The van der Waals surface area contributed by atoms with E-state index in [-0.39, 0.29) is 5.91 Å². The summed E-state index contributed by atoms with van der Waals surface area (Å²) in [6.07, 6.45) is 0.0219. The van der Waals surface area contributed by atoms with Gasteiger partial charge in [-0.3, -0.25) is 19.5 Å². The Kier molecular flexibility index (Phi) is 5.51. The summed E-state index contributed by atoms with van der Waals surface area (Å²) in [5, 5.41) is 14.7. The molecule has 10 nitrogen and oxygen atoms in total. The van der Waals surface area contributed by atoms with Gasteiger partial charge in [0.25, 0.3) is 18.1 Å². The number of anilines is 2. The zero-order chi connectivity index (χ0) is 21.3. The Hall–Kier alpha value is -3.24. The quantitative estimate of drug-likeness (QED) is 0.648. The Morgan fingerprint density at radius 3 is 2.80 bits per heavy atom. The number of aliphatic hydroxyl groups is 1. The van der Waals surface area contributed by atoms with E-state index in [1.54, 1.807) is 19.2 Å². The molecule has 1 saturated heterocycles. The Balaban J connectivity index is 1.37. The second-order valence-electron chi connectivity index (χ2n) is 7.27. The fourth-order valence-corrected chi connectivity index (χ4v) is 3.65. The van der Waals surface area contributed by atoms with Gasteiger partial charge >= 0.3 is 0 Å². The molecule has 0 unspecified atom stereocenters. The number of aromatic nitrogens is 2. The first-order valence-corrected chi connectivity index (χ1v) is 9.76. The molecule has 0 spiro atoms. The number of hydrogen-bond acceptors (Lipinski definition) is 8. The van der Waals surface area contributed by atoms with Crippen LogP contribution in [0.2, 0.25) is 0 Å². The molecule has 3 N–H and O–H groups in total. The number of nitrogens with zero attached hydrogens (tertiary/aromatic N) is 4. The van der Waals surface area contributed by atoms with Crippen molar-refractivity contribution in [1.82, 2.24) is 20.2 Å². The molecular weight excluding hydrogens is 388 g/mol. The standard InChI is InChI=1S/C20H24N6O4/c1-12-16(4-3-14(23-12)18(27)21-2)26-7-5-25(6-8-26)11-13-9-15-17(10-22-13)30-20(29)19(28)24-15/h3-4,9-10,20,29H,5-8,11H2,1-2H3,(H,21,27)(H,24,28)/t20-/m0/s1. The van der Waals surface area contributed by atoms with Crippen LogP contribution in [0.15, 0.2) is 24.4 Å². The molecule has 4 rings (SSSR count). The molecule has 30 heavy (non-hydrogen) atoms. The molecule has 0 bridgehead atoms. The van der Waals surface area contributed by atoms with Crippen LogP contribution in [0, 0.1) is 6.92 Å². The minimum atomic E-state index is -1.50. The number of amides is 2. The number of carbonyl (C=O) groups excluding carboxylic acids is 2. The number of pyridine rings is 2. The fourth-order valence-electron chi connectivity index (χ4n) is 3.65. The van der Waals surface area contributed by atoms with E-state index in [1.165, 1.54) is 6.20 Å². The minimum Gasteiger partial charge on any atom is -0.452 e. The third-order valence-electron chi connectivity index (χ3n) is 5.26. The number of ether oxygens (including phenoxy) is 1. The Morgan fingerprint density at radius 2 is 2.10 bits per heavy atom.